The minimum atomic E-state index is -0.128. The molecule has 2 aromatic rings. The first-order valence-electron chi connectivity index (χ1n) is 7.58. The van der Waals surface area contributed by atoms with Crippen molar-refractivity contribution >= 4 is 0 Å². The largest absolute Gasteiger partial charge is 0.493 e. The Morgan fingerprint density at radius 3 is 2.19 bits per heavy atom. The van der Waals surface area contributed by atoms with E-state index in [-0.39, 0.29) is 11.3 Å². The molecule has 0 aliphatic carbocycles. The van der Waals surface area contributed by atoms with Crippen molar-refractivity contribution in [2.45, 2.75) is 53.4 Å². The number of nitrogens with zero attached hydrogens (tertiary/aromatic N) is 2. The van der Waals surface area contributed by atoms with Gasteiger partial charge in [-0.2, -0.15) is 5.10 Å². The molecule has 114 valence electrons. The Hall–Kier alpha value is -1.77. The smallest absolute Gasteiger partial charge is 0.218 e. The first kappa shape index (κ1) is 15.6. The minimum Gasteiger partial charge on any atom is -0.493 e. The van der Waals surface area contributed by atoms with Crippen molar-refractivity contribution in [3.05, 3.63) is 41.1 Å². The second-order valence-electron chi connectivity index (χ2n) is 7.24. The number of hydrogen-bond donors (Lipinski definition) is 1. The maximum Gasteiger partial charge on any atom is 0.218 e. The molecule has 0 bridgehead atoms. The van der Waals surface area contributed by atoms with Crippen LogP contribution in [-0.4, -0.2) is 14.9 Å². The van der Waals surface area contributed by atoms with Gasteiger partial charge in [0.1, 0.15) is 0 Å². The van der Waals surface area contributed by atoms with Gasteiger partial charge in [-0.3, -0.25) is 0 Å². The molecule has 1 N–H and O–H groups in total. The zero-order valence-corrected chi connectivity index (χ0v) is 13.9. The molecule has 0 amide bonds. The molecule has 3 heteroatoms. The number of aryl methyl sites for hydroxylation is 1. The molecule has 2 rings (SSSR count). The lowest BCUT2D eigenvalue weighted by Crippen LogP contribution is -2.14. The fourth-order valence-corrected chi connectivity index (χ4v) is 2.62. The summed E-state index contributed by atoms with van der Waals surface area (Å²) in [6.07, 6.45) is 0.874. The molecule has 0 unspecified atom stereocenters. The summed E-state index contributed by atoms with van der Waals surface area (Å²) in [5.41, 5.74) is 3.92. The van der Waals surface area contributed by atoms with Gasteiger partial charge in [-0.05, 0) is 36.8 Å². The van der Waals surface area contributed by atoms with Crippen LogP contribution in [0.3, 0.4) is 0 Å². The molecule has 0 aliphatic rings. The molecule has 0 saturated carbocycles. The zero-order valence-electron chi connectivity index (χ0n) is 13.9. The Balaban J connectivity index is 2.58. The van der Waals surface area contributed by atoms with Crippen LogP contribution in [0.5, 0.6) is 5.88 Å². The van der Waals surface area contributed by atoms with E-state index in [1.54, 1.807) is 4.68 Å². The third-order valence-corrected chi connectivity index (χ3v) is 3.56. The average molecular weight is 286 g/mol. The van der Waals surface area contributed by atoms with E-state index in [2.05, 4.69) is 46.6 Å². The van der Waals surface area contributed by atoms with Crippen molar-refractivity contribution in [1.29, 1.82) is 0 Å². The highest BCUT2D eigenvalue weighted by Crippen LogP contribution is 2.36. The van der Waals surface area contributed by atoms with Gasteiger partial charge in [0.15, 0.2) is 0 Å². The first-order valence-corrected chi connectivity index (χ1v) is 7.58. The van der Waals surface area contributed by atoms with Crippen LogP contribution in [0.4, 0.5) is 0 Å². The third kappa shape index (κ3) is 3.29. The van der Waals surface area contributed by atoms with Crippen molar-refractivity contribution in [2.24, 2.45) is 5.92 Å². The second-order valence-corrected chi connectivity index (χ2v) is 7.24. The van der Waals surface area contributed by atoms with Gasteiger partial charge in [-0.25, -0.2) is 4.68 Å². The highest BCUT2D eigenvalue weighted by Gasteiger charge is 2.28. The molecule has 21 heavy (non-hydrogen) atoms. The Kier molecular flexibility index (Phi) is 4.13. The lowest BCUT2D eigenvalue weighted by molar-refractivity contribution is 0.413. The zero-order chi connectivity index (χ0) is 15.8. The molecule has 0 aliphatic heterocycles. The van der Waals surface area contributed by atoms with E-state index < -0.39 is 0 Å². The van der Waals surface area contributed by atoms with Gasteiger partial charge in [0.05, 0.1) is 11.4 Å². The van der Waals surface area contributed by atoms with Gasteiger partial charge in [0.2, 0.25) is 5.88 Å². The lowest BCUT2D eigenvalue weighted by Gasteiger charge is -2.19. The summed E-state index contributed by atoms with van der Waals surface area (Å²) in [7, 11) is 0. The summed E-state index contributed by atoms with van der Waals surface area (Å²) in [5.74, 6) is 0.772. The third-order valence-electron chi connectivity index (χ3n) is 3.56. The Morgan fingerprint density at radius 2 is 1.71 bits per heavy atom. The van der Waals surface area contributed by atoms with Crippen LogP contribution in [0, 0.1) is 12.8 Å². The van der Waals surface area contributed by atoms with E-state index in [0.29, 0.717) is 5.92 Å². The summed E-state index contributed by atoms with van der Waals surface area (Å²) in [6.45, 7) is 12.8. The standard InChI is InChI=1S/C18H26N2O/c1-12(2)11-15-16(18(4,5)6)17(21)20(19-15)14-9-7-13(3)8-10-14/h7-10,12,21H,11H2,1-6H3. The molecule has 0 atom stereocenters. The molecular formula is C18H26N2O. The molecule has 0 fully saturated rings. The van der Waals surface area contributed by atoms with Crippen molar-refractivity contribution in [3.8, 4) is 11.6 Å². The molecule has 3 nitrogen and oxygen atoms in total. The van der Waals surface area contributed by atoms with Crippen LogP contribution in [0.2, 0.25) is 0 Å². The van der Waals surface area contributed by atoms with Crippen molar-refractivity contribution in [3.63, 3.8) is 0 Å². The Labute approximate surface area is 127 Å². The van der Waals surface area contributed by atoms with E-state index in [1.165, 1.54) is 5.56 Å². The summed E-state index contributed by atoms with van der Waals surface area (Å²) in [6, 6.07) is 8.06. The molecule has 0 spiro atoms. The average Bonchev–Trinajstić information content (AvgIpc) is 2.66. The quantitative estimate of drug-likeness (QED) is 0.909. The van der Waals surface area contributed by atoms with Crippen LogP contribution in [0.1, 0.15) is 51.4 Å². The van der Waals surface area contributed by atoms with E-state index in [4.69, 9.17) is 0 Å². The molecule has 1 aromatic heterocycles. The monoisotopic (exact) mass is 286 g/mol. The molecule has 0 radical (unpaired) electrons. The van der Waals surface area contributed by atoms with Crippen molar-refractivity contribution < 1.29 is 5.11 Å². The number of rotatable bonds is 3. The maximum absolute atomic E-state index is 10.7. The van der Waals surface area contributed by atoms with Crippen molar-refractivity contribution in [1.82, 2.24) is 9.78 Å². The van der Waals surface area contributed by atoms with Crippen molar-refractivity contribution in [2.75, 3.05) is 0 Å². The van der Waals surface area contributed by atoms with Gasteiger partial charge < -0.3 is 5.11 Å². The van der Waals surface area contributed by atoms with E-state index in [1.807, 2.05) is 24.3 Å². The maximum atomic E-state index is 10.7. The van der Waals surface area contributed by atoms with Gasteiger partial charge in [0, 0.05) is 5.56 Å². The fourth-order valence-electron chi connectivity index (χ4n) is 2.62. The van der Waals surface area contributed by atoms with E-state index >= 15 is 0 Å². The summed E-state index contributed by atoms with van der Waals surface area (Å²) in [4.78, 5) is 0. The first-order chi connectivity index (χ1) is 9.70. The predicted molar refractivity (Wildman–Crippen MR) is 87.2 cm³/mol. The SMILES string of the molecule is Cc1ccc(-n2nc(CC(C)C)c(C(C)(C)C)c2O)cc1. The lowest BCUT2D eigenvalue weighted by atomic mass is 9.85. The van der Waals surface area contributed by atoms with Gasteiger partial charge in [-0.15, -0.1) is 0 Å². The predicted octanol–water partition coefficient (Wildman–Crippen LogP) is 4.38. The van der Waals surface area contributed by atoms with Crippen LogP contribution in [0.15, 0.2) is 24.3 Å². The van der Waals surface area contributed by atoms with Gasteiger partial charge in [0.25, 0.3) is 0 Å². The Morgan fingerprint density at radius 1 is 1.14 bits per heavy atom. The topological polar surface area (TPSA) is 38.0 Å². The number of aromatic nitrogens is 2. The van der Waals surface area contributed by atoms with Crippen LogP contribution in [-0.2, 0) is 11.8 Å². The summed E-state index contributed by atoms with van der Waals surface area (Å²) in [5, 5.41) is 15.4. The van der Waals surface area contributed by atoms with E-state index in [9.17, 15) is 5.11 Å². The minimum absolute atomic E-state index is 0.128. The fraction of sp³-hybridized carbons (Fsp3) is 0.500. The second kappa shape index (κ2) is 5.55. The molecule has 1 heterocycles. The summed E-state index contributed by atoms with van der Waals surface area (Å²) >= 11 is 0. The summed E-state index contributed by atoms with van der Waals surface area (Å²) < 4.78 is 1.66. The number of hydrogen-bond acceptors (Lipinski definition) is 2. The van der Waals surface area contributed by atoms with Crippen LogP contribution in [0.25, 0.3) is 5.69 Å². The Bertz CT molecular complexity index is 616. The normalized spacial score (nSPS) is 12.1. The van der Waals surface area contributed by atoms with E-state index in [0.717, 1.165) is 23.4 Å². The number of aromatic hydroxyl groups is 1. The highest BCUT2D eigenvalue weighted by molar-refractivity contribution is 5.44. The van der Waals surface area contributed by atoms with Crippen LogP contribution >= 0.6 is 0 Å². The molecular weight excluding hydrogens is 260 g/mol. The van der Waals surface area contributed by atoms with Crippen LogP contribution < -0.4 is 0 Å². The van der Waals surface area contributed by atoms with Gasteiger partial charge >= 0.3 is 0 Å². The van der Waals surface area contributed by atoms with Gasteiger partial charge in [-0.1, -0.05) is 52.3 Å². The molecule has 1 aromatic carbocycles. The highest BCUT2D eigenvalue weighted by atomic mass is 16.3. The molecule has 0 saturated heterocycles. The number of benzene rings is 1.